The van der Waals surface area contributed by atoms with Crippen LogP contribution in [-0.4, -0.2) is 6.29 Å². The second-order valence-electron chi connectivity index (χ2n) is 1.57. The van der Waals surface area contributed by atoms with Crippen LogP contribution in [0.3, 0.4) is 0 Å². The minimum absolute atomic E-state index is 0. The zero-order valence-corrected chi connectivity index (χ0v) is 8.01. The molecule has 1 radical (unpaired) electrons. The summed E-state index contributed by atoms with van der Waals surface area (Å²) in [6, 6.07) is 6.51. The first-order chi connectivity index (χ1) is 4.34. The molecule has 0 saturated carbocycles. The van der Waals surface area contributed by atoms with Crippen LogP contribution >= 0.6 is 0 Å². The van der Waals surface area contributed by atoms with Crippen molar-refractivity contribution in [3.8, 4) is 0 Å². The molecular formula is C7H4FOY-. The third kappa shape index (κ3) is 2.27. The maximum absolute atomic E-state index is 12.3. The van der Waals surface area contributed by atoms with E-state index in [0.29, 0.717) is 6.29 Å². The van der Waals surface area contributed by atoms with E-state index in [2.05, 4.69) is 6.07 Å². The van der Waals surface area contributed by atoms with Crippen LogP contribution in [0.5, 0.6) is 0 Å². The number of carbonyl (C=O) groups is 1. The van der Waals surface area contributed by atoms with Crippen molar-refractivity contribution in [1.82, 2.24) is 0 Å². The Hall–Kier alpha value is -0.0761. The van der Waals surface area contributed by atoms with Crippen LogP contribution in [0.2, 0.25) is 0 Å². The minimum atomic E-state index is -0.497. The Labute approximate surface area is 83.5 Å². The molecular weight excluding hydrogens is 208 g/mol. The van der Waals surface area contributed by atoms with Gasteiger partial charge in [-0.15, -0.1) is 6.07 Å². The fourth-order valence-electron chi connectivity index (χ4n) is 0.515. The SMILES string of the molecule is O=Cc1c[c-]ccc1F.[Y]. The zero-order chi connectivity index (χ0) is 6.69. The van der Waals surface area contributed by atoms with E-state index in [9.17, 15) is 9.18 Å². The Kier molecular flexibility index (Phi) is 4.66. The van der Waals surface area contributed by atoms with Crippen molar-refractivity contribution in [2.45, 2.75) is 0 Å². The molecule has 0 fully saturated rings. The van der Waals surface area contributed by atoms with Crippen molar-refractivity contribution in [2.24, 2.45) is 0 Å². The van der Waals surface area contributed by atoms with Gasteiger partial charge in [0.05, 0.1) is 6.29 Å². The van der Waals surface area contributed by atoms with Gasteiger partial charge in [-0.05, 0) is 0 Å². The Bertz CT molecular complexity index is 225. The quantitative estimate of drug-likeness (QED) is 0.508. The molecule has 0 aliphatic carbocycles. The van der Waals surface area contributed by atoms with Crippen molar-refractivity contribution in [2.75, 3.05) is 0 Å². The van der Waals surface area contributed by atoms with Crippen LogP contribution in [0.1, 0.15) is 10.4 Å². The van der Waals surface area contributed by atoms with Crippen LogP contribution in [0.4, 0.5) is 4.39 Å². The number of rotatable bonds is 1. The molecule has 0 amide bonds. The van der Waals surface area contributed by atoms with Gasteiger partial charge in [-0.1, -0.05) is 5.56 Å². The Morgan fingerprint density at radius 3 is 2.70 bits per heavy atom. The van der Waals surface area contributed by atoms with E-state index in [1.54, 1.807) is 0 Å². The standard InChI is InChI=1S/C7H4FO.Y/c8-7-4-2-1-3-6(7)5-9;/h2-5H;/q-1;. The van der Waals surface area contributed by atoms with Gasteiger partial charge in [-0.2, -0.15) is 18.2 Å². The second-order valence-corrected chi connectivity index (χ2v) is 1.57. The van der Waals surface area contributed by atoms with Crippen molar-refractivity contribution in [3.63, 3.8) is 0 Å². The maximum atomic E-state index is 12.3. The molecule has 1 aromatic carbocycles. The van der Waals surface area contributed by atoms with Gasteiger partial charge in [-0.25, -0.2) is 4.39 Å². The summed E-state index contributed by atoms with van der Waals surface area (Å²) in [7, 11) is 0. The average Bonchev–Trinajstić information content (AvgIpc) is 1.89. The summed E-state index contributed by atoms with van der Waals surface area (Å²) in [6.45, 7) is 0. The van der Waals surface area contributed by atoms with E-state index in [1.807, 2.05) is 0 Å². The first kappa shape index (κ1) is 9.92. The van der Waals surface area contributed by atoms with E-state index in [-0.39, 0.29) is 38.3 Å². The third-order valence-corrected chi connectivity index (χ3v) is 0.967. The number of hydrogen-bond donors (Lipinski definition) is 0. The molecule has 10 heavy (non-hydrogen) atoms. The van der Waals surface area contributed by atoms with Gasteiger partial charge in [-0.3, -0.25) is 0 Å². The average molecular weight is 212 g/mol. The molecule has 0 atom stereocenters. The largest absolute Gasteiger partial charge is 0.312 e. The smallest absolute Gasteiger partial charge is 0.0977 e. The minimum Gasteiger partial charge on any atom is -0.312 e. The van der Waals surface area contributed by atoms with E-state index < -0.39 is 5.82 Å². The maximum Gasteiger partial charge on any atom is 0.0977 e. The first-order valence-corrected chi connectivity index (χ1v) is 2.45. The molecule has 1 rings (SSSR count). The van der Waals surface area contributed by atoms with Crippen LogP contribution in [0, 0.1) is 11.9 Å². The van der Waals surface area contributed by atoms with E-state index in [1.165, 1.54) is 18.2 Å². The Morgan fingerprint density at radius 2 is 2.30 bits per heavy atom. The van der Waals surface area contributed by atoms with Crippen LogP contribution in [0.25, 0.3) is 0 Å². The Balaban J connectivity index is 0.000000810. The molecule has 49 valence electrons. The molecule has 1 aromatic rings. The van der Waals surface area contributed by atoms with Gasteiger partial charge in [0.2, 0.25) is 0 Å². The molecule has 0 bridgehead atoms. The van der Waals surface area contributed by atoms with Gasteiger partial charge < -0.3 is 4.79 Å². The van der Waals surface area contributed by atoms with Crippen LogP contribution in [0.15, 0.2) is 18.2 Å². The van der Waals surface area contributed by atoms with Gasteiger partial charge >= 0.3 is 0 Å². The number of halogens is 1. The fourth-order valence-corrected chi connectivity index (χ4v) is 0.515. The first-order valence-electron chi connectivity index (χ1n) is 2.45. The van der Waals surface area contributed by atoms with Crippen molar-refractivity contribution in [3.05, 3.63) is 35.6 Å². The zero-order valence-electron chi connectivity index (χ0n) is 5.17. The van der Waals surface area contributed by atoms with Gasteiger partial charge in [0.15, 0.2) is 0 Å². The third-order valence-electron chi connectivity index (χ3n) is 0.967. The molecule has 3 heteroatoms. The molecule has 0 aliphatic rings. The fraction of sp³-hybridized carbons (Fsp3) is 0. The number of aldehydes is 1. The Morgan fingerprint density at radius 1 is 1.60 bits per heavy atom. The van der Waals surface area contributed by atoms with Gasteiger partial charge in [0.1, 0.15) is 0 Å². The van der Waals surface area contributed by atoms with Crippen LogP contribution in [-0.2, 0) is 32.7 Å². The van der Waals surface area contributed by atoms with Gasteiger partial charge in [0, 0.05) is 38.5 Å². The van der Waals surface area contributed by atoms with E-state index >= 15 is 0 Å². The molecule has 0 spiro atoms. The molecule has 0 aliphatic heterocycles. The topological polar surface area (TPSA) is 17.1 Å². The summed E-state index contributed by atoms with van der Waals surface area (Å²) in [5.41, 5.74) is 0.0532. The van der Waals surface area contributed by atoms with Crippen molar-refractivity contribution in [1.29, 1.82) is 0 Å². The summed E-state index contributed by atoms with van der Waals surface area (Å²) >= 11 is 0. The summed E-state index contributed by atoms with van der Waals surface area (Å²) in [4.78, 5) is 9.97. The molecule has 0 heterocycles. The summed E-state index contributed by atoms with van der Waals surface area (Å²) < 4.78 is 12.3. The monoisotopic (exact) mass is 212 g/mol. The second kappa shape index (κ2) is 4.70. The molecule has 1 nitrogen and oxygen atoms in total. The van der Waals surface area contributed by atoms with Crippen molar-refractivity contribution >= 4 is 6.29 Å². The van der Waals surface area contributed by atoms with Crippen molar-refractivity contribution < 1.29 is 41.9 Å². The molecule has 0 N–H and O–H groups in total. The summed E-state index contributed by atoms with van der Waals surface area (Å²) in [6.07, 6.45) is 0.464. The number of carbonyl (C=O) groups excluding carboxylic acids is 1. The van der Waals surface area contributed by atoms with Gasteiger partial charge in [0.25, 0.3) is 0 Å². The number of benzene rings is 1. The van der Waals surface area contributed by atoms with E-state index in [4.69, 9.17) is 0 Å². The predicted molar refractivity (Wildman–Crippen MR) is 30.6 cm³/mol. The predicted octanol–water partition coefficient (Wildman–Crippen LogP) is 1.44. The number of hydrogen-bond acceptors (Lipinski definition) is 1. The normalized spacial score (nSPS) is 8.10. The van der Waals surface area contributed by atoms with Crippen LogP contribution < -0.4 is 0 Å². The molecule has 0 unspecified atom stereocenters. The molecule has 0 saturated heterocycles. The van der Waals surface area contributed by atoms with E-state index in [0.717, 1.165) is 0 Å². The summed E-state index contributed by atoms with van der Waals surface area (Å²) in [5.74, 6) is -0.497. The molecule has 0 aromatic heterocycles. The summed E-state index contributed by atoms with van der Waals surface area (Å²) in [5, 5.41) is 0.